The molecule has 3 aromatic carbocycles. The Balaban J connectivity index is 1.91. The Labute approximate surface area is 128 Å². The second-order valence-electron chi connectivity index (χ2n) is 5.28. The molecule has 0 spiro atoms. The number of hydrogen-bond donors (Lipinski definition) is 0. The molecule has 0 heterocycles. The summed E-state index contributed by atoms with van der Waals surface area (Å²) in [5, 5.41) is 1.93. The van der Waals surface area contributed by atoms with Crippen molar-refractivity contribution in [3.63, 3.8) is 0 Å². The number of fused-ring (bicyclic) bond motifs is 1. The minimum Gasteiger partial charge on any atom is -0.337 e. The predicted octanol–water partition coefficient (Wildman–Crippen LogP) is 4.25. The number of amides is 1. The lowest BCUT2D eigenvalue weighted by Gasteiger charge is -2.18. The summed E-state index contributed by atoms with van der Waals surface area (Å²) < 4.78 is 13.7. The largest absolute Gasteiger partial charge is 0.337 e. The van der Waals surface area contributed by atoms with Crippen LogP contribution in [0.1, 0.15) is 15.9 Å². The number of carbonyl (C=O) groups is 1. The smallest absolute Gasteiger partial charge is 0.254 e. The minimum atomic E-state index is -0.292. The van der Waals surface area contributed by atoms with Gasteiger partial charge < -0.3 is 4.90 Å². The van der Waals surface area contributed by atoms with Gasteiger partial charge in [-0.25, -0.2) is 4.39 Å². The van der Waals surface area contributed by atoms with Crippen LogP contribution in [0.2, 0.25) is 0 Å². The van der Waals surface area contributed by atoms with Gasteiger partial charge in [0.15, 0.2) is 0 Å². The van der Waals surface area contributed by atoms with Crippen molar-refractivity contribution in [2.45, 2.75) is 6.54 Å². The topological polar surface area (TPSA) is 20.3 Å². The van der Waals surface area contributed by atoms with Gasteiger partial charge in [-0.1, -0.05) is 54.6 Å². The van der Waals surface area contributed by atoms with Gasteiger partial charge in [0.25, 0.3) is 5.91 Å². The lowest BCUT2D eigenvalue weighted by atomic mass is 10.0. The summed E-state index contributed by atoms with van der Waals surface area (Å²) in [7, 11) is 1.69. The van der Waals surface area contributed by atoms with Crippen molar-refractivity contribution in [2.75, 3.05) is 7.05 Å². The SMILES string of the molecule is CN(Cc1ccccc1F)C(=O)c1cccc2ccccc12. The zero-order valence-electron chi connectivity index (χ0n) is 12.3. The first-order valence-corrected chi connectivity index (χ1v) is 7.13. The Bertz CT molecular complexity index is 823. The molecule has 0 saturated heterocycles. The van der Waals surface area contributed by atoms with E-state index in [1.165, 1.54) is 6.07 Å². The molecule has 0 saturated carbocycles. The number of hydrogen-bond acceptors (Lipinski definition) is 1. The van der Waals surface area contributed by atoms with Gasteiger partial charge in [-0.2, -0.15) is 0 Å². The maximum absolute atomic E-state index is 13.7. The van der Waals surface area contributed by atoms with Crippen molar-refractivity contribution in [3.05, 3.63) is 83.7 Å². The van der Waals surface area contributed by atoms with Crippen LogP contribution in [0, 0.1) is 5.82 Å². The van der Waals surface area contributed by atoms with Gasteiger partial charge in [0.1, 0.15) is 5.82 Å². The van der Waals surface area contributed by atoms with Crippen molar-refractivity contribution in [3.8, 4) is 0 Å². The molecule has 0 unspecified atom stereocenters. The van der Waals surface area contributed by atoms with Crippen molar-refractivity contribution >= 4 is 16.7 Å². The highest BCUT2D eigenvalue weighted by atomic mass is 19.1. The first kappa shape index (κ1) is 14.3. The maximum atomic E-state index is 13.7. The molecule has 22 heavy (non-hydrogen) atoms. The first-order valence-electron chi connectivity index (χ1n) is 7.13. The van der Waals surface area contributed by atoms with Gasteiger partial charge in [0.2, 0.25) is 0 Å². The molecule has 1 amide bonds. The van der Waals surface area contributed by atoms with E-state index in [2.05, 4.69) is 0 Å². The molecule has 3 heteroatoms. The van der Waals surface area contributed by atoms with Gasteiger partial charge in [0.05, 0.1) is 0 Å². The lowest BCUT2D eigenvalue weighted by Crippen LogP contribution is -2.26. The zero-order chi connectivity index (χ0) is 15.5. The highest BCUT2D eigenvalue weighted by Crippen LogP contribution is 2.20. The Morgan fingerprint density at radius 2 is 1.64 bits per heavy atom. The van der Waals surface area contributed by atoms with E-state index < -0.39 is 0 Å². The maximum Gasteiger partial charge on any atom is 0.254 e. The number of benzene rings is 3. The molecule has 3 aromatic rings. The van der Waals surface area contributed by atoms with E-state index in [4.69, 9.17) is 0 Å². The molecule has 3 rings (SSSR count). The van der Waals surface area contributed by atoms with Gasteiger partial charge in [0, 0.05) is 24.7 Å². The fourth-order valence-electron chi connectivity index (χ4n) is 2.57. The molecular formula is C19H16FNO. The minimum absolute atomic E-state index is 0.111. The summed E-state index contributed by atoms with van der Waals surface area (Å²) in [6.07, 6.45) is 0. The van der Waals surface area contributed by atoms with Gasteiger partial charge in [-0.05, 0) is 22.9 Å². The predicted molar refractivity (Wildman–Crippen MR) is 86.1 cm³/mol. The number of halogens is 1. The van der Waals surface area contributed by atoms with Crippen molar-refractivity contribution < 1.29 is 9.18 Å². The van der Waals surface area contributed by atoms with Crippen LogP contribution in [-0.4, -0.2) is 17.9 Å². The number of rotatable bonds is 3. The lowest BCUT2D eigenvalue weighted by molar-refractivity contribution is 0.0786. The van der Waals surface area contributed by atoms with Crippen LogP contribution in [0.25, 0.3) is 10.8 Å². The third kappa shape index (κ3) is 2.70. The van der Waals surface area contributed by atoms with E-state index in [-0.39, 0.29) is 18.3 Å². The molecule has 0 fully saturated rings. The zero-order valence-corrected chi connectivity index (χ0v) is 12.3. The Kier molecular flexibility index (Phi) is 3.88. The van der Waals surface area contributed by atoms with Gasteiger partial charge >= 0.3 is 0 Å². The van der Waals surface area contributed by atoms with Crippen LogP contribution >= 0.6 is 0 Å². The molecule has 0 aromatic heterocycles. The van der Waals surface area contributed by atoms with E-state index in [0.717, 1.165) is 10.8 Å². The molecule has 0 aliphatic carbocycles. The molecular weight excluding hydrogens is 277 g/mol. The van der Waals surface area contributed by atoms with E-state index in [1.54, 1.807) is 30.1 Å². The molecule has 0 radical (unpaired) electrons. The fourth-order valence-corrected chi connectivity index (χ4v) is 2.57. The highest BCUT2D eigenvalue weighted by Gasteiger charge is 2.15. The summed E-state index contributed by atoms with van der Waals surface area (Å²) >= 11 is 0. The molecule has 0 atom stereocenters. The number of carbonyl (C=O) groups excluding carboxylic acids is 1. The second kappa shape index (κ2) is 5.98. The van der Waals surface area contributed by atoms with Crippen LogP contribution in [0.4, 0.5) is 4.39 Å². The van der Waals surface area contributed by atoms with Crippen LogP contribution in [0.3, 0.4) is 0 Å². The highest BCUT2D eigenvalue weighted by molar-refractivity contribution is 6.06. The fraction of sp³-hybridized carbons (Fsp3) is 0.105. The summed E-state index contributed by atoms with van der Waals surface area (Å²) in [6.45, 7) is 0.245. The van der Waals surface area contributed by atoms with Crippen LogP contribution < -0.4 is 0 Å². The Morgan fingerprint density at radius 1 is 0.955 bits per heavy atom. The van der Waals surface area contributed by atoms with Crippen LogP contribution in [0.5, 0.6) is 0 Å². The monoisotopic (exact) mass is 293 g/mol. The summed E-state index contributed by atoms with van der Waals surface area (Å²) in [6, 6.07) is 19.9. The van der Waals surface area contributed by atoms with Gasteiger partial charge in [-0.15, -0.1) is 0 Å². The summed E-state index contributed by atoms with van der Waals surface area (Å²) in [4.78, 5) is 14.2. The summed E-state index contributed by atoms with van der Waals surface area (Å²) in [5.74, 6) is -0.403. The second-order valence-corrected chi connectivity index (χ2v) is 5.28. The van der Waals surface area contributed by atoms with Gasteiger partial charge in [-0.3, -0.25) is 4.79 Å². The van der Waals surface area contributed by atoms with Crippen LogP contribution in [-0.2, 0) is 6.54 Å². The Morgan fingerprint density at radius 3 is 2.45 bits per heavy atom. The third-order valence-corrected chi connectivity index (χ3v) is 3.73. The van der Waals surface area contributed by atoms with E-state index in [0.29, 0.717) is 11.1 Å². The molecule has 2 nitrogen and oxygen atoms in total. The Hall–Kier alpha value is -2.68. The van der Waals surface area contributed by atoms with E-state index in [1.807, 2.05) is 42.5 Å². The first-order chi connectivity index (χ1) is 10.7. The van der Waals surface area contributed by atoms with Crippen molar-refractivity contribution in [1.29, 1.82) is 0 Å². The van der Waals surface area contributed by atoms with E-state index in [9.17, 15) is 9.18 Å². The molecule has 0 aliphatic rings. The van der Waals surface area contributed by atoms with Crippen molar-refractivity contribution in [1.82, 2.24) is 4.90 Å². The molecule has 0 bridgehead atoms. The van der Waals surface area contributed by atoms with Crippen molar-refractivity contribution in [2.24, 2.45) is 0 Å². The number of nitrogens with zero attached hydrogens (tertiary/aromatic N) is 1. The average molecular weight is 293 g/mol. The normalized spacial score (nSPS) is 10.6. The van der Waals surface area contributed by atoms with Crippen LogP contribution in [0.15, 0.2) is 66.7 Å². The summed E-state index contributed by atoms with van der Waals surface area (Å²) in [5.41, 5.74) is 1.15. The van der Waals surface area contributed by atoms with E-state index >= 15 is 0 Å². The molecule has 0 N–H and O–H groups in total. The quantitative estimate of drug-likeness (QED) is 0.707. The average Bonchev–Trinajstić information content (AvgIpc) is 2.55. The molecule has 0 aliphatic heterocycles. The molecule has 110 valence electrons. The third-order valence-electron chi connectivity index (χ3n) is 3.73. The standard InChI is InChI=1S/C19H16FNO/c1-21(13-15-8-3-5-12-18(15)20)19(22)17-11-6-9-14-7-2-4-10-16(14)17/h2-12H,13H2,1H3.